The molecule has 1 aliphatic heterocycles. The van der Waals surface area contributed by atoms with Gasteiger partial charge in [0.15, 0.2) is 0 Å². The zero-order chi connectivity index (χ0) is 19.9. The molecule has 0 spiro atoms. The fourth-order valence-corrected chi connectivity index (χ4v) is 2.02. The zero-order valence-corrected chi connectivity index (χ0v) is 14.9. The van der Waals surface area contributed by atoms with E-state index >= 15 is 0 Å². The van der Waals surface area contributed by atoms with Crippen LogP contribution in [0, 0.1) is 0 Å². The van der Waals surface area contributed by atoms with Gasteiger partial charge in [0.2, 0.25) is 0 Å². The lowest BCUT2D eigenvalue weighted by atomic mass is 10.1. The molecule has 0 aromatic rings. The first-order valence-corrected chi connectivity index (χ1v) is 8.03. The second kappa shape index (κ2) is 9.02. The van der Waals surface area contributed by atoms with E-state index in [1.807, 2.05) is 5.32 Å². The van der Waals surface area contributed by atoms with E-state index in [0.29, 0.717) is 5.06 Å². The fraction of sp³-hybridized carbons (Fsp3) is 0.667. The highest BCUT2D eigenvalue weighted by Crippen LogP contribution is 2.13. The summed E-state index contributed by atoms with van der Waals surface area (Å²) in [6.45, 7) is 5.24. The Bertz CT molecular complexity index is 568. The maximum absolute atomic E-state index is 12.0. The van der Waals surface area contributed by atoms with Gasteiger partial charge < -0.3 is 25.3 Å². The van der Waals surface area contributed by atoms with E-state index in [-0.39, 0.29) is 32.2 Å². The minimum atomic E-state index is -1.47. The van der Waals surface area contributed by atoms with Crippen molar-refractivity contribution in [3.8, 4) is 0 Å². The van der Waals surface area contributed by atoms with E-state index in [4.69, 9.17) is 14.7 Å². The molecule has 26 heavy (non-hydrogen) atoms. The summed E-state index contributed by atoms with van der Waals surface area (Å²) < 4.78 is 5.04. The molecule has 1 aliphatic rings. The second-order valence-electron chi connectivity index (χ2n) is 6.57. The molecule has 0 bridgehead atoms. The van der Waals surface area contributed by atoms with Crippen molar-refractivity contribution in [3.05, 3.63) is 0 Å². The van der Waals surface area contributed by atoms with Crippen molar-refractivity contribution < 1.29 is 38.7 Å². The maximum Gasteiger partial charge on any atom is 0.407 e. The predicted octanol–water partition coefficient (Wildman–Crippen LogP) is 0.535. The normalized spacial score (nSPS) is 15.4. The monoisotopic (exact) mass is 373 g/mol. The Kier molecular flexibility index (Phi) is 7.35. The van der Waals surface area contributed by atoms with Gasteiger partial charge in [-0.05, 0) is 33.6 Å². The molecule has 11 heteroatoms. The first kappa shape index (κ1) is 21.2. The molecule has 1 rings (SSSR count). The van der Waals surface area contributed by atoms with Crippen LogP contribution >= 0.6 is 0 Å². The summed E-state index contributed by atoms with van der Waals surface area (Å²) in [5.41, 5.74) is -0.657. The van der Waals surface area contributed by atoms with E-state index in [1.54, 1.807) is 20.8 Å². The van der Waals surface area contributed by atoms with E-state index in [1.165, 1.54) is 0 Å². The summed E-state index contributed by atoms with van der Waals surface area (Å²) in [5, 5.41) is 13.6. The van der Waals surface area contributed by atoms with Crippen LogP contribution in [0.2, 0.25) is 0 Å². The molecular formula is C15H23N3O8. The SMILES string of the molecule is CC(C)(C)OC(=O)NCCCC(NC(=O)O)C(=O)ON1C(=O)CCC1=O. The number of rotatable bonds is 7. The minimum Gasteiger partial charge on any atom is -0.465 e. The van der Waals surface area contributed by atoms with Gasteiger partial charge in [-0.3, -0.25) is 9.59 Å². The quantitative estimate of drug-likeness (QED) is 0.432. The largest absolute Gasteiger partial charge is 0.465 e. The van der Waals surface area contributed by atoms with Gasteiger partial charge in [-0.1, -0.05) is 0 Å². The predicted molar refractivity (Wildman–Crippen MR) is 85.6 cm³/mol. The van der Waals surface area contributed by atoms with E-state index in [2.05, 4.69) is 5.32 Å². The smallest absolute Gasteiger partial charge is 0.407 e. The van der Waals surface area contributed by atoms with Crippen molar-refractivity contribution in [1.82, 2.24) is 15.7 Å². The van der Waals surface area contributed by atoms with Crippen LogP contribution in [0.5, 0.6) is 0 Å². The van der Waals surface area contributed by atoms with Crippen LogP contribution in [0.4, 0.5) is 9.59 Å². The Morgan fingerprint density at radius 3 is 2.27 bits per heavy atom. The highest BCUT2D eigenvalue weighted by Gasteiger charge is 2.35. The summed E-state index contributed by atoms with van der Waals surface area (Å²) in [6, 6.07) is -1.30. The van der Waals surface area contributed by atoms with Gasteiger partial charge >= 0.3 is 18.2 Å². The van der Waals surface area contributed by atoms with Crippen LogP contribution in [-0.2, 0) is 24.0 Å². The first-order chi connectivity index (χ1) is 12.0. The molecule has 146 valence electrons. The molecule has 3 N–H and O–H groups in total. The Hall–Kier alpha value is -2.85. The molecule has 0 aromatic heterocycles. The van der Waals surface area contributed by atoms with Gasteiger partial charge in [0, 0.05) is 19.4 Å². The van der Waals surface area contributed by atoms with Crippen molar-refractivity contribution in [2.75, 3.05) is 6.54 Å². The molecule has 1 fully saturated rings. The van der Waals surface area contributed by atoms with E-state index in [9.17, 15) is 24.0 Å². The maximum atomic E-state index is 12.0. The van der Waals surface area contributed by atoms with Crippen LogP contribution in [-0.4, -0.2) is 58.3 Å². The molecule has 4 amide bonds. The van der Waals surface area contributed by atoms with Crippen LogP contribution in [0.1, 0.15) is 46.5 Å². The van der Waals surface area contributed by atoms with E-state index in [0.717, 1.165) is 0 Å². The summed E-state index contributed by atoms with van der Waals surface area (Å²) in [4.78, 5) is 61.9. The van der Waals surface area contributed by atoms with Crippen LogP contribution in [0.15, 0.2) is 0 Å². The zero-order valence-electron chi connectivity index (χ0n) is 14.9. The molecule has 1 heterocycles. The van der Waals surface area contributed by atoms with Gasteiger partial charge in [0.1, 0.15) is 11.6 Å². The summed E-state index contributed by atoms with van der Waals surface area (Å²) in [6.07, 6.45) is -2.04. The fourth-order valence-electron chi connectivity index (χ4n) is 2.02. The summed E-state index contributed by atoms with van der Waals surface area (Å²) >= 11 is 0. The van der Waals surface area contributed by atoms with E-state index < -0.39 is 41.6 Å². The van der Waals surface area contributed by atoms with Gasteiger partial charge in [0.05, 0.1) is 0 Å². The minimum absolute atomic E-state index is 0.0167. The second-order valence-corrected chi connectivity index (χ2v) is 6.57. The Morgan fingerprint density at radius 1 is 1.19 bits per heavy atom. The Morgan fingerprint density at radius 2 is 1.77 bits per heavy atom. The average molecular weight is 373 g/mol. The van der Waals surface area contributed by atoms with Crippen LogP contribution in [0.3, 0.4) is 0 Å². The third-order valence-electron chi connectivity index (χ3n) is 3.11. The van der Waals surface area contributed by atoms with Crippen molar-refractivity contribution in [3.63, 3.8) is 0 Å². The Balaban J connectivity index is 2.49. The number of nitrogens with one attached hydrogen (secondary N) is 2. The number of carboxylic acid groups (broad SMARTS) is 1. The standard InChI is InChI=1S/C15H23N3O8/c1-15(2,3)25-14(24)16-8-4-5-9(17-13(22)23)12(21)26-18-10(19)6-7-11(18)20/h9,17H,4-8H2,1-3H3,(H,16,24)(H,22,23). The van der Waals surface area contributed by atoms with Crippen molar-refractivity contribution in [2.45, 2.75) is 58.1 Å². The van der Waals surface area contributed by atoms with Gasteiger partial charge in [0.25, 0.3) is 11.8 Å². The number of carbonyl (C=O) groups is 5. The molecular weight excluding hydrogens is 350 g/mol. The topological polar surface area (TPSA) is 151 Å². The molecule has 1 atom stereocenters. The van der Waals surface area contributed by atoms with Gasteiger partial charge in [-0.15, -0.1) is 5.06 Å². The number of carbonyl (C=O) groups excluding carboxylic acids is 4. The molecule has 0 radical (unpaired) electrons. The highest BCUT2D eigenvalue weighted by molar-refractivity contribution is 6.01. The lowest BCUT2D eigenvalue weighted by Gasteiger charge is -2.20. The van der Waals surface area contributed by atoms with Crippen LogP contribution in [0.25, 0.3) is 0 Å². The third kappa shape index (κ3) is 7.36. The number of alkyl carbamates (subject to hydrolysis) is 1. The molecule has 1 saturated heterocycles. The van der Waals surface area contributed by atoms with Crippen molar-refractivity contribution >= 4 is 30.0 Å². The lowest BCUT2D eigenvalue weighted by molar-refractivity contribution is -0.199. The number of nitrogens with zero attached hydrogens (tertiary/aromatic N) is 1. The third-order valence-corrected chi connectivity index (χ3v) is 3.11. The number of amides is 4. The number of imide groups is 1. The number of ether oxygens (including phenoxy) is 1. The average Bonchev–Trinajstić information content (AvgIpc) is 2.80. The van der Waals surface area contributed by atoms with Crippen LogP contribution < -0.4 is 10.6 Å². The molecule has 11 nitrogen and oxygen atoms in total. The lowest BCUT2D eigenvalue weighted by Crippen LogP contribution is -2.45. The number of hydrogen-bond donors (Lipinski definition) is 3. The van der Waals surface area contributed by atoms with Gasteiger partial charge in [-0.2, -0.15) is 0 Å². The molecule has 0 aromatic carbocycles. The van der Waals surface area contributed by atoms with Crippen molar-refractivity contribution in [2.24, 2.45) is 0 Å². The highest BCUT2D eigenvalue weighted by atomic mass is 16.7. The molecule has 0 aliphatic carbocycles. The van der Waals surface area contributed by atoms with Gasteiger partial charge in [-0.25, -0.2) is 14.4 Å². The molecule has 1 unspecified atom stereocenters. The van der Waals surface area contributed by atoms with Crippen molar-refractivity contribution in [1.29, 1.82) is 0 Å². The summed E-state index contributed by atoms with van der Waals surface area (Å²) in [7, 11) is 0. The first-order valence-electron chi connectivity index (χ1n) is 8.03. The Labute approximate surface area is 149 Å². The number of hydrogen-bond acceptors (Lipinski definition) is 7. The molecule has 0 saturated carbocycles. The number of hydroxylamine groups is 2. The summed E-state index contributed by atoms with van der Waals surface area (Å²) in [5.74, 6) is -2.40.